The third kappa shape index (κ3) is 4.43. The molecule has 1 aromatic carbocycles. The summed E-state index contributed by atoms with van der Waals surface area (Å²) in [5.41, 5.74) is 2.43. The number of carbonyl (C=O) groups is 2. The normalized spacial score (nSPS) is 15.8. The number of ketones is 1. The van der Waals surface area contributed by atoms with E-state index in [9.17, 15) is 19.1 Å². The topological polar surface area (TPSA) is 65.8 Å². The van der Waals surface area contributed by atoms with E-state index in [2.05, 4.69) is 16.8 Å². The Morgan fingerprint density at radius 2 is 1.70 bits per heavy atom. The van der Waals surface area contributed by atoms with Crippen molar-refractivity contribution < 1.29 is 19.1 Å². The van der Waals surface area contributed by atoms with Gasteiger partial charge in [-0.15, -0.1) is 0 Å². The van der Waals surface area contributed by atoms with E-state index in [1.165, 1.54) is 12.1 Å². The van der Waals surface area contributed by atoms with Crippen LogP contribution in [0.3, 0.4) is 0 Å². The van der Waals surface area contributed by atoms with E-state index in [4.69, 9.17) is 0 Å². The molecule has 3 rings (SSSR count). The molecule has 6 nitrogen and oxygen atoms in total. The largest absolute Gasteiger partial charge is 0.480 e. The molecule has 1 aliphatic heterocycles. The molecule has 0 radical (unpaired) electrons. The molecule has 1 saturated heterocycles. The third-order valence-corrected chi connectivity index (χ3v) is 5.06. The van der Waals surface area contributed by atoms with Crippen molar-refractivity contribution in [3.05, 3.63) is 47.4 Å². The van der Waals surface area contributed by atoms with E-state index in [-0.39, 0.29) is 18.1 Å². The maximum Gasteiger partial charge on any atom is 0.323 e. The van der Waals surface area contributed by atoms with Gasteiger partial charge in [-0.25, -0.2) is 4.39 Å². The van der Waals surface area contributed by atoms with Gasteiger partial charge in [-0.2, -0.15) is 0 Å². The number of hydrogen-bond donors (Lipinski definition) is 1. The van der Waals surface area contributed by atoms with Gasteiger partial charge in [-0.05, 0) is 49.9 Å². The van der Waals surface area contributed by atoms with Gasteiger partial charge in [-0.1, -0.05) is 0 Å². The molecule has 144 valence electrons. The zero-order valence-corrected chi connectivity index (χ0v) is 15.6. The lowest BCUT2D eigenvalue weighted by atomic mass is 10.1. The second-order valence-corrected chi connectivity index (χ2v) is 7.02. The van der Waals surface area contributed by atoms with Crippen molar-refractivity contribution in [3.63, 3.8) is 0 Å². The van der Waals surface area contributed by atoms with Crippen molar-refractivity contribution in [2.75, 3.05) is 39.8 Å². The molecule has 0 unspecified atom stereocenters. The Balaban J connectivity index is 1.90. The van der Waals surface area contributed by atoms with Crippen molar-refractivity contribution in [1.29, 1.82) is 0 Å². The van der Waals surface area contributed by atoms with E-state index in [0.29, 0.717) is 29.1 Å². The first-order valence-electron chi connectivity index (χ1n) is 8.97. The Bertz CT molecular complexity index is 837. The van der Waals surface area contributed by atoms with Crippen LogP contribution in [-0.4, -0.2) is 71.0 Å². The van der Waals surface area contributed by atoms with E-state index < -0.39 is 5.97 Å². The van der Waals surface area contributed by atoms with Crippen molar-refractivity contribution in [2.24, 2.45) is 0 Å². The summed E-state index contributed by atoms with van der Waals surface area (Å²) in [6.45, 7) is 5.34. The molecule has 0 bridgehead atoms. The first-order chi connectivity index (χ1) is 12.8. The van der Waals surface area contributed by atoms with Crippen molar-refractivity contribution in [1.82, 2.24) is 14.4 Å². The van der Waals surface area contributed by atoms with Gasteiger partial charge in [0.1, 0.15) is 12.4 Å². The highest BCUT2D eigenvalue weighted by Crippen LogP contribution is 2.27. The third-order valence-electron chi connectivity index (χ3n) is 5.06. The molecule has 1 N–H and O–H groups in total. The predicted molar refractivity (Wildman–Crippen MR) is 100 cm³/mol. The summed E-state index contributed by atoms with van der Waals surface area (Å²) in [5, 5.41) is 9.26. The average Bonchev–Trinajstić information content (AvgIpc) is 2.94. The molecule has 2 heterocycles. The van der Waals surface area contributed by atoms with Crippen LogP contribution in [0.15, 0.2) is 30.3 Å². The summed E-state index contributed by atoms with van der Waals surface area (Å²) in [6, 6.07) is 7.57. The number of nitrogens with zero attached hydrogens (tertiary/aromatic N) is 3. The second kappa shape index (κ2) is 8.02. The lowest BCUT2D eigenvalue weighted by Crippen LogP contribution is -2.46. The Kier molecular flexibility index (Phi) is 5.72. The van der Waals surface area contributed by atoms with Crippen molar-refractivity contribution in [3.8, 4) is 11.3 Å². The van der Waals surface area contributed by atoms with Crippen LogP contribution in [0.1, 0.15) is 16.1 Å². The molecular weight excluding hydrogens is 349 g/mol. The quantitative estimate of drug-likeness (QED) is 0.786. The average molecular weight is 373 g/mol. The molecule has 0 spiro atoms. The van der Waals surface area contributed by atoms with E-state index in [0.717, 1.165) is 26.2 Å². The molecule has 0 atom stereocenters. The van der Waals surface area contributed by atoms with E-state index >= 15 is 0 Å². The van der Waals surface area contributed by atoms with Crippen LogP contribution in [0.2, 0.25) is 0 Å². The summed E-state index contributed by atoms with van der Waals surface area (Å²) in [7, 11) is 2.06. The Hall–Kier alpha value is -2.51. The van der Waals surface area contributed by atoms with Gasteiger partial charge in [0.05, 0.1) is 6.54 Å². The van der Waals surface area contributed by atoms with Crippen LogP contribution >= 0.6 is 0 Å². The van der Waals surface area contributed by atoms with Gasteiger partial charge in [-0.3, -0.25) is 14.5 Å². The summed E-state index contributed by atoms with van der Waals surface area (Å²) in [5.74, 6) is -1.38. The van der Waals surface area contributed by atoms with Gasteiger partial charge in [0, 0.05) is 43.1 Å². The highest BCUT2D eigenvalue weighted by Gasteiger charge is 2.23. The predicted octanol–water partition coefficient (Wildman–Crippen LogP) is 2.12. The molecule has 1 aliphatic rings. The van der Waals surface area contributed by atoms with E-state index in [1.54, 1.807) is 29.7 Å². The Morgan fingerprint density at radius 3 is 2.30 bits per heavy atom. The number of Topliss-reactive ketones (excluding diaryl/α,β-unsaturated/α-hetero) is 1. The zero-order chi connectivity index (χ0) is 19.6. The standard InChI is InChI=1S/C20H24FN3O3/c1-14-17(19(25)12-23-9-7-22(2)8-10-23)11-18(24(14)13-20(26)27)15-3-5-16(21)6-4-15/h3-6,11H,7-10,12-13H2,1-2H3,(H,26,27). The van der Waals surface area contributed by atoms with Crippen LogP contribution < -0.4 is 0 Å². The summed E-state index contributed by atoms with van der Waals surface area (Å²) >= 11 is 0. The Labute approximate surface area is 157 Å². The fourth-order valence-corrected chi connectivity index (χ4v) is 3.42. The highest BCUT2D eigenvalue weighted by atomic mass is 19.1. The maximum atomic E-state index is 13.2. The van der Waals surface area contributed by atoms with Gasteiger partial charge < -0.3 is 14.6 Å². The molecule has 7 heteroatoms. The lowest BCUT2D eigenvalue weighted by Gasteiger charge is -2.31. The SMILES string of the molecule is Cc1c(C(=O)CN2CCN(C)CC2)cc(-c2ccc(F)cc2)n1CC(=O)O. The summed E-state index contributed by atoms with van der Waals surface area (Å²) in [4.78, 5) is 28.5. The minimum Gasteiger partial charge on any atom is -0.480 e. The molecule has 1 aromatic heterocycles. The summed E-state index contributed by atoms with van der Waals surface area (Å²) in [6.07, 6.45) is 0. The van der Waals surface area contributed by atoms with Gasteiger partial charge in [0.15, 0.2) is 5.78 Å². The number of likely N-dealkylation sites (N-methyl/N-ethyl adjacent to an activating group) is 1. The number of aromatic nitrogens is 1. The van der Waals surface area contributed by atoms with Crippen LogP contribution in [0, 0.1) is 12.7 Å². The molecule has 27 heavy (non-hydrogen) atoms. The minimum absolute atomic E-state index is 0.0236. The number of rotatable bonds is 6. The fraction of sp³-hybridized carbons (Fsp3) is 0.400. The number of carbonyl (C=O) groups excluding carboxylic acids is 1. The minimum atomic E-state index is -0.991. The van der Waals surface area contributed by atoms with Gasteiger partial charge in [0.25, 0.3) is 0 Å². The van der Waals surface area contributed by atoms with Gasteiger partial charge in [0.2, 0.25) is 0 Å². The molecular formula is C20H24FN3O3. The van der Waals surface area contributed by atoms with Crippen LogP contribution in [0.5, 0.6) is 0 Å². The van der Waals surface area contributed by atoms with Gasteiger partial charge >= 0.3 is 5.97 Å². The number of aliphatic carboxylic acids is 1. The number of piperazine rings is 1. The van der Waals surface area contributed by atoms with Crippen molar-refractivity contribution in [2.45, 2.75) is 13.5 Å². The number of carboxylic acids is 1. The van der Waals surface area contributed by atoms with E-state index in [1.807, 2.05) is 0 Å². The maximum absolute atomic E-state index is 13.2. The van der Waals surface area contributed by atoms with Crippen molar-refractivity contribution >= 4 is 11.8 Å². The highest BCUT2D eigenvalue weighted by molar-refractivity contribution is 6.00. The molecule has 0 aliphatic carbocycles. The smallest absolute Gasteiger partial charge is 0.323 e. The summed E-state index contributed by atoms with van der Waals surface area (Å²) < 4.78 is 14.9. The number of halogens is 1. The fourth-order valence-electron chi connectivity index (χ4n) is 3.42. The molecule has 2 aromatic rings. The van der Waals surface area contributed by atoms with Crippen LogP contribution in [0.25, 0.3) is 11.3 Å². The number of benzene rings is 1. The van der Waals surface area contributed by atoms with Crippen LogP contribution in [0.4, 0.5) is 4.39 Å². The van der Waals surface area contributed by atoms with Crippen LogP contribution in [-0.2, 0) is 11.3 Å². The Morgan fingerprint density at radius 1 is 1.07 bits per heavy atom. The zero-order valence-electron chi connectivity index (χ0n) is 15.6. The first kappa shape index (κ1) is 19.3. The molecule has 0 saturated carbocycles. The molecule has 1 fully saturated rings. The number of hydrogen-bond acceptors (Lipinski definition) is 4. The second-order valence-electron chi connectivity index (χ2n) is 7.02. The molecule has 0 amide bonds. The lowest BCUT2D eigenvalue weighted by molar-refractivity contribution is -0.137. The monoisotopic (exact) mass is 373 g/mol. The number of carboxylic acid groups (broad SMARTS) is 1. The first-order valence-corrected chi connectivity index (χ1v) is 8.97.